The Hall–Kier alpha value is -2.44. The minimum absolute atomic E-state index is 0.0796. The Morgan fingerprint density at radius 2 is 1.86 bits per heavy atom. The van der Waals surface area contributed by atoms with E-state index in [1.54, 1.807) is 0 Å². The smallest absolute Gasteiger partial charge is 0.475 e. The van der Waals surface area contributed by atoms with Gasteiger partial charge in [-0.15, -0.1) is 10.2 Å². The van der Waals surface area contributed by atoms with E-state index in [1.807, 2.05) is 29.2 Å². The van der Waals surface area contributed by atoms with Crippen LogP contribution >= 0.6 is 22.9 Å². The first kappa shape index (κ1) is 22.8. The fourth-order valence-electron chi connectivity index (χ4n) is 2.22. The van der Waals surface area contributed by atoms with Gasteiger partial charge in [-0.05, 0) is 6.07 Å². The number of anilines is 1. The molecule has 29 heavy (non-hydrogen) atoms. The predicted octanol–water partition coefficient (Wildman–Crippen LogP) is 2.34. The monoisotopic (exact) mass is 451 g/mol. The van der Waals surface area contributed by atoms with Crippen molar-refractivity contribution in [2.24, 2.45) is 0 Å². The van der Waals surface area contributed by atoms with E-state index < -0.39 is 12.1 Å². The van der Waals surface area contributed by atoms with E-state index in [9.17, 15) is 18.0 Å². The molecule has 0 atom stereocenters. The fourth-order valence-corrected chi connectivity index (χ4v) is 3.28. The van der Waals surface area contributed by atoms with E-state index in [0.717, 1.165) is 36.8 Å². The van der Waals surface area contributed by atoms with Crippen molar-refractivity contribution in [3.05, 3.63) is 29.3 Å². The van der Waals surface area contributed by atoms with E-state index in [-0.39, 0.29) is 12.5 Å². The van der Waals surface area contributed by atoms with Crippen LogP contribution < -0.4 is 10.6 Å². The second kappa shape index (κ2) is 10.4. The molecule has 0 spiro atoms. The molecule has 0 bridgehead atoms. The average Bonchev–Trinajstić information content (AvgIpc) is 3.15. The van der Waals surface area contributed by atoms with E-state index in [2.05, 4.69) is 20.8 Å². The Labute approximate surface area is 172 Å². The molecule has 0 aliphatic carbocycles. The van der Waals surface area contributed by atoms with E-state index in [1.165, 1.54) is 11.3 Å². The number of rotatable bonds is 4. The van der Waals surface area contributed by atoms with Gasteiger partial charge in [-0.2, -0.15) is 13.2 Å². The molecule has 1 aliphatic rings. The highest BCUT2D eigenvalue weighted by atomic mass is 35.5. The molecule has 1 fully saturated rings. The van der Waals surface area contributed by atoms with Crippen LogP contribution in [0.3, 0.4) is 0 Å². The number of carbonyl (C=O) groups is 2. The van der Waals surface area contributed by atoms with Crippen molar-refractivity contribution in [3.8, 4) is 10.6 Å². The van der Waals surface area contributed by atoms with Crippen molar-refractivity contribution in [2.75, 3.05) is 38.0 Å². The van der Waals surface area contributed by atoms with Gasteiger partial charge in [-0.3, -0.25) is 4.79 Å². The number of alkyl halides is 3. The third-order valence-corrected chi connectivity index (χ3v) is 4.88. The second-order valence-corrected chi connectivity index (χ2v) is 7.06. The summed E-state index contributed by atoms with van der Waals surface area (Å²) >= 11 is 7.54. The van der Waals surface area contributed by atoms with Crippen molar-refractivity contribution in [2.45, 2.75) is 6.18 Å². The van der Waals surface area contributed by atoms with Gasteiger partial charge >= 0.3 is 12.1 Å². The molecular formula is C16H17ClF3N5O3S. The molecule has 1 aromatic carbocycles. The van der Waals surface area contributed by atoms with Gasteiger partial charge in [0.05, 0.1) is 11.6 Å². The summed E-state index contributed by atoms with van der Waals surface area (Å²) in [5.41, 5.74) is 0.850. The SMILES string of the molecule is O=C(CNc1nnc(-c2ccccc2Cl)s1)N1CCNCC1.O=C(O)C(F)(F)F. The van der Waals surface area contributed by atoms with Gasteiger partial charge in [0.2, 0.25) is 11.0 Å². The van der Waals surface area contributed by atoms with Gasteiger partial charge in [0.1, 0.15) is 0 Å². The lowest BCUT2D eigenvalue weighted by Gasteiger charge is -2.27. The van der Waals surface area contributed by atoms with Crippen molar-refractivity contribution in [1.82, 2.24) is 20.4 Å². The molecule has 3 N–H and O–H groups in total. The van der Waals surface area contributed by atoms with Gasteiger partial charge in [0.25, 0.3) is 0 Å². The molecule has 1 aromatic heterocycles. The summed E-state index contributed by atoms with van der Waals surface area (Å²) in [7, 11) is 0. The third kappa shape index (κ3) is 7.15. The number of amides is 1. The maximum atomic E-state index is 12.1. The predicted molar refractivity (Wildman–Crippen MR) is 102 cm³/mol. The Bertz CT molecular complexity index is 843. The van der Waals surface area contributed by atoms with Crippen LogP contribution in [0, 0.1) is 0 Å². The number of aliphatic carboxylic acids is 1. The lowest BCUT2D eigenvalue weighted by Crippen LogP contribution is -2.48. The molecule has 0 radical (unpaired) electrons. The largest absolute Gasteiger partial charge is 0.490 e. The minimum atomic E-state index is -5.08. The molecule has 0 unspecified atom stereocenters. The van der Waals surface area contributed by atoms with Crippen molar-refractivity contribution < 1.29 is 27.9 Å². The summed E-state index contributed by atoms with van der Waals surface area (Å²) in [4.78, 5) is 22.8. The number of benzene rings is 1. The van der Waals surface area contributed by atoms with Crippen LogP contribution in [-0.4, -0.2) is 71.0 Å². The number of carbonyl (C=O) groups excluding carboxylic acids is 1. The van der Waals surface area contributed by atoms with E-state index >= 15 is 0 Å². The lowest BCUT2D eigenvalue weighted by atomic mass is 10.2. The highest BCUT2D eigenvalue weighted by Gasteiger charge is 2.38. The lowest BCUT2D eigenvalue weighted by molar-refractivity contribution is -0.192. The van der Waals surface area contributed by atoms with Crippen LogP contribution in [0.15, 0.2) is 24.3 Å². The summed E-state index contributed by atoms with van der Waals surface area (Å²) in [6.07, 6.45) is -5.08. The molecular weight excluding hydrogens is 435 g/mol. The first-order valence-electron chi connectivity index (χ1n) is 8.29. The molecule has 2 heterocycles. The minimum Gasteiger partial charge on any atom is -0.475 e. The normalized spacial score (nSPS) is 14.0. The summed E-state index contributed by atoms with van der Waals surface area (Å²) in [5, 5.41) is 23.6. The topological polar surface area (TPSA) is 107 Å². The molecule has 3 rings (SSSR count). The van der Waals surface area contributed by atoms with Gasteiger partial charge < -0.3 is 20.6 Å². The molecule has 8 nitrogen and oxygen atoms in total. The summed E-state index contributed by atoms with van der Waals surface area (Å²) in [6.45, 7) is 3.43. The molecule has 158 valence electrons. The van der Waals surface area contributed by atoms with Gasteiger partial charge in [0, 0.05) is 31.7 Å². The Balaban J connectivity index is 0.000000370. The summed E-state index contributed by atoms with van der Waals surface area (Å²) in [5.74, 6) is -2.68. The number of hydrogen-bond donors (Lipinski definition) is 3. The van der Waals surface area contributed by atoms with Crippen molar-refractivity contribution in [3.63, 3.8) is 0 Å². The molecule has 1 amide bonds. The highest BCUT2D eigenvalue weighted by Crippen LogP contribution is 2.31. The van der Waals surface area contributed by atoms with Gasteiger partial charge in [0.15, 0.2) is 5.01 Å². The first-order chi connectivity index (χ1) is 13.7. The maximum Gasteiger partial charge on any atom is 0.490 e. The first-order valence-corrected chi connectivity index (χ1v) is 9.49. The summed E-state index contributed by atoms with van der Waals surface area (Å²) < 4.78 is 31.7. The van der Waals surface area contributed by atoms with Crippen molar-refractivity contribution >= 4 is 39.9 Å². The zero-order chi connectivity index (χ0) is 21.4. The second-order valence-electron chi connectivity index (χ2n) is 5.68. The Morgan fingerprint density at radius 3 is 2.45 bits per heavy atom. The number of carboxylic acids is 1. The third-order valence-electron chi connectivity index (χ3n) is 3.63. The number of nitrogens with zero attached hydrogens (tertiary/aromatic N) is 3. The summed E-state index contributed by atoms with van der Waals surface area (Å²) in [6, 6.07) is 7.50. The Kier molecular flexibility index (Phi) is 8.17. The molecule has 13 heteroatoms. The highest BCUT2D eigenvalue weighted by molar-refractivity contribution is 7.18. The zero-order valence-corrected chi connectivity index (χ0v) is 16.4. The molecule has 2 aromatic rings. The van der Waals surface area contributed by atoms with Crippen LogP contribution in [0.2, 0.25) is 5.02 Å². The molecule has 1 aliphatic heterocycles. The van der Waals surface area contributed by atoms with Crippen molar-refractivity contribution in [1.29, 1.82) is 0 Å². The fraction of sp³-hybridized carbons (Fsp3) is 0.375. The van der Waals surface area contributed by atoms with Crippen LogP contribution in [0.5, 0.6) is 0 Å². The van der Waals surface area contributed by atoms with Crippen LogP contribution in [0.25, 0.3) is 10.6 Å². The number of halogens is 4. The number of piperazine rings is 1. The van der Waals surface area contributed by atoms with E-state index in [0.29, 0.717) is 10.2 Å². The van der Waals surface area contributed by atoms with E-state index in [4.69, 9.17) is 21.5 Å². The average molecular weight is 452 g/mol. The zero-order valence-electron chi connectivity index (χ0n) is 14.9. The Morgan fingerprint density at radius 1 is 1.24 bits per heavy atom. The van der Waals surface area contributed by atoms with Gasteiger partial charge in [-0.25, -0.2) is 4.79 Å². The number of hydrogen-bond acceptors (Lipinski definition) is 7. The molecule has 1 saturated heterocycles. The van der Waals surface area contributed by atoms with Crippen LogP contribution in [0.1, 0.15) is 0 Å². The number of aromatic nitrogens is 2. The molecule has 0 saturated carbocycles. The number of carboxylic acid groups (broad SMARTS) is 1. The quantitative estimate of drug-likeness (QED) is 0.654. The van der Waals surface area contributed by atoms with Gasteiger partial charge in [-0.1, -0.05) is 41.1 Å². The van der Waals surface area contributed by atoms with Crippen LogP contribution in [-0.2, 0) is 9.59 Å². The van der Waals surface area contributed by atoms with Crippen LogP contribution in [0.4, 0.5) is 18.3 Å². The maximum absolute atomic E-state index is 12.1. The number of nitrogens with one attached hydrogen (secondary N) is 2. The standard InChI is InChI=1S/C14H16ClN5OS.C2HF3O2/c15-11-4-2-1-3-10(11)13-18-19-14(22-13)17-9-12(21)20-7-5-16-6-8-20;3-2(4,5)1(6)7/h1-4,16H,5-9H2,(H,17,19);(H,6,7).